The van der Waals surface area contributed by atoms with Gasteiger partial charge in [-0.1, -0.05) is 231 Å². The Morgan fingerprint density at radius 2 is 0.536 bits per heavy atom. The van der Waals surface area contributed by atoms with Crippen molar-refractivity contribution in [2.45, 2.75) is 10.8 Å². The minimum atomic E-state index is -0.537. The summed E-state index contributed by atoms with van der Waals surface area (Å²) >= 11 is 0. The first kappa shape index (κ1) is 39.4. The summed E-state index contributed by atoms with van der Waals surface area (Å²) in [6, 6.07) is 102. The van der Waals surface area contributed by atoms with Crippen LogP contribution in [0, 0.1) is 0 Å². The van der Waals surface area contributed by atoms with Crippen LogP contribution in [-0.4, -0.2) is 0 Å². The van der Waals surface area contributed by atoms with Crippen LogP contribution in [0.15, 0.2) is 273 Å². The van der Waals surface area contributed by atoms with Crippen molar-refractivity contribution in [2.24, 2.45) is 0 Å². The molecule has 1 nitrogen and oxygen atoms in total. The molecule has 3 aliphatic rings. The lowest BCUT2D eigenvalue weighted by molar-refractivity contribution is 0.768. The number of fused-ring (bicyclic) bond motifs is 13. The van der Waals surface area contributed by atoms with Crippen LogP contribution >= 0.6 is 0 Å². The predicted octanol–water partition coefficient (Wildman–Crippen LogP) is 17.2. The second-order valence-corrected chi connectivity index (χ2v) is 18.7. The van der Waals surface area contributed by atoms with Crippen LogP contribution in [0.5, 0.6) is 0 Å². The molecule has 0 atom stereocenters. The lowest BCUT2D eigenvalue weighted by Gasteiger charge is -2.35. The Morgan fingerprint density at radius 1 is 0.203 bits per heavy atom. The molecule has 0 heterocycles. The quantitative estimate of drug-likeness (QED) is 0.154. The van der Waals surface area contributed by atoms with Gasteiger partial charge in [-0.2, -0.15) is 0 Å². The van der Waals surface area contributed by atoms with Gasteiger partial charge in [0.1, 0.15) is 0 Å². The molecule has 0 saturated carbocycles. The van der Waals surface area contributed by atoms with Gasteiger partial charge >= 0.3 is 0 Å². The van der Waals surface area contributed by atoms with E-state index in [1.54, 1.807) is 0 Å². The highest BCUT2D eigenvalue weighted by molar-refractivity contribution is 5.97. The van der Waals surface area contributed by atoms with E-state index < -0.39 is 10.8 Å². The zero-order chi connectivity index (χ0) is 45.5. The van der Waals surface area contributed by atoms with Gasteiger partial charge in [-0.25, -0.2) is 0 Å². The molecule has 0 N–H and O–H groups in total. The molecule has 0 saturated heterocycles. The molecule has 1 spiro atoms. The van der Waals surface area contributed by atoms with E-state index in [0.29, 0.717) is 0 Å². The summed E-state index contributed by atoms with van der Waals surface area (Å²) in [5.74, 6) is 0. The zero-order valence-corrected chi connectivity index (χ0v) is 37.9. The van der Waals surface area contributed by atoms with E-state index in [-0.39, 0.29) is 0 Å². The molecule has 0 bridgehead atoms. The first-order valence-corrected chi connectivity index (χ1v) is 24.1. The molecule has 69 heavy (non-hydrogen) atoms. The van der Waals surface area contributed by atoms with E-state index >= 15 is 0 Å². The summed E-state index contributed by atoms with van der Waals surface area (Å²) in [5.41, 5.74) is 25.3. The van der Waals surface area contributed by atoms with Crippen LogP contribution in [0.2, 0.25) is 0 Å². The molecule has 0 aliphatic heterocycles. The number of anilines is 3. The Bertz CT molecular complexity index is 3570. The lowest BCUT2D eigenvalue weighted by atomic mass is 9.67. The summed E-state index contributed by atoms with van der Waals surface area (Å²) in [5, 5.41) is 0. The van der Waals surface area contributed by atoms with Gasteiger partial charge in [-0.05, 0) is 143 Å². The monoisotopic (exact) mass is 875 g/mol. The molecule has 14 rings (SSSR count). The van der Waals surface area contributed by atoms with Gasteiger partial charge in [-0.3, -0.25) is 0 Å². The van der Waals surface area contributed by atoms with Gasteiger partial charge in [0.15, 0.2) is 0 Å². The maximum absolute atomic E-state index is 2.51. The molecule has 1 heteroatoms. The maximum Gasteiger partial charge on any atom is 0.0726 e. The van der Waals surface area contributed by atoms with Crippen LogP contribution < -0.4 is 4.90 Å². The van der Waals surface area contributed by atoms with Gasteiger partial charge in [0.05, 0.1) is 10.8 Å². The second-order valence-electron chi connectivity index (χ2n) is 18.7. The number of hydrogen-bond acceptors (Lipinski definition) is 1. The fourth-order valence-electron chi connectivity index (χ4n) is 12.6. The third-order valence-electron chi connectivity index (χ3n) is 15.4. The SMILES string of the molecule is c1ccc(-c2cccc(-c3ccc(N(c4ccc5c(c4)C(c4ccccc4)(c4ccccc4)c4ccccc4-5)c4ccc5c(c4)C4(c6ccccc6-c6ccccc64)c4ccccc4-5)cc3)c2)cc1. The van der Waals surface area contributed by atoms with E-state index in [1.165, 1.54) is 100 Å². The van der Waals surface area contributed by atoms with Gasteiger partial charge in [0.2, 0.25) is 0 Å². The third kappa shape index (κ3) is 5.65. The van der Waals surface area contributed by atoms with E-state index in [2.05, 4.69) is 278 Å². The van der Waals surface area contributed by atoms with Crippen LogP contribution in [-0.2, 0) is 10.8 Å². The fourth-order valence-corrected chi connectivity index (χ4v) is 12.6. The number of hydrogen-bond donors (Lipinski definition) is 0. The smallest absolute Gasteiger partial charge is 0.0726 e. The topological polar surface area (TPSA) is 3.24 Å². The number of rotatable bonds is 7. The van der Waals surface area contributed by atoms with Gasteiger partial charge in [-0.15, -0.1) is 0 Å². The zero-order valence-electron chi connectivity index (χ0n) is 37.9. The summed E-state index contributed by atoms with van der Waals surface area (Å²) in [6.45, 7) is 0. The molecular formula is C68H45N. The molecule has 3 aliphatic carbocycles. The van der Waals surface area contributed by atoms with E-state index in [1.807, 2.05) is 0 Å². The standard InChI is InChI=1S/C68H45N/c1-4-19-46(20-5-1)48-21-18-22-49(43-48)47-35-37-52(38-36-47)69(53-39-41-59-57-29-10-14-31-61(57)67(65(59)44-53,50-23-6-2-7-24-50)51-25-8-3-9-26-51)54-40-42-60-58-30-13-17-34-64(58)68(66(60)45-54)62-32-15-11-27-55(62)56-28-12-16-33-63(56)68/h1-45H. The van der Waals surface area contributed by atoms with Gasteiger partial charge in [0.25, 0.3) is 0 Å². The Hall–Kier alpha value is -8.78. The van der Waals surface area contributed by atoms with Crippen molar-refractivity contribution in [2.75, 3.05) is 4.90 Å². The molecule has 0 amide bonds. The highest BCUT2D eigenvalue weighted by Crippen LogP contribution is 2.64. The molecular weight excluding hydrogens is 831 g/mol. The number of nitrogens with zero attached hydrogens (tertiary/aromatic N) is 1. The normalized spacial score (nSPS) is 13.7. The fraction of sp³-hybridized carbons (Fsp3) is 0.0294. The van der Waals surface area contributed by atoms with Crippen molar-refractivity contribution in [3.8, 4) is 55.6 Å². The average Bonchev–Trinajstić information content (AvgIpc) is 4.02. The van der Waals surface area contributed by atoms with Gasteiger partial charge < -0.3 is 4.90 Å². The Morgan fingerprint density at radius 3 is 1.00 bits per heavy atom. The average molecular weight is 876 g/mol. The van der Waals surface area contributed by atoms with Crippen molar-refractivity contribution < 1.29 is 0 Å². The maximum atomic E-state index is 2.51. The van der Waals surface area contributed by atoms with Crippen molar-refractivity contribution in [3.05, 3.63) is 317 Å². The molecule has 0 unspecified atom stereocenters. The minimum Gasteiger partial charge on any atom is -0.310 e. The van der Waals surface area contributed by atoms with Crippen molar-refractivity contribution in [3.63, 3.8) is 0 Å². The summed E-state index contributed by atoms with van der Waals surface area (Å²) < 4.78 is 0. The van der Waals surface area contributed by atoms with Gasteiger partial charge in [0, 0.05) is 17.1 Å². The van der Waals surface area contributed by atoms with Crippen molar-refractivity contribution in [1.29, 1.82) is 0 Å². The lowest BCUT2D eigenvalue weighted by Crippen LogP contribution is -2.28. The van der Waals surface area contributed by atoms with Crippen LogP contribution in [0.1, 0.15) is 44.5 Å². The molecule has 0 radical (unpaired) electrons. The van der Waals surface area contributed by atoms with Crippen LogP contribution in [0.3, 0.4) is 0 Å². The predicted molar refractivity (Wildman–Crippen MR) is 286 cm³/mol. The number of benzene rings is 11. The van der Waals surface area contributed by atoms with Crippen LogP contribution in [0.25, 0.3) is 55.6 Å². The summed E-state index contributed by atoms with van der Waals surface area (Å²) in [7, 11) is 0. The highest BCUT2D eigenvalue weighted by Gasteiger charge is 2.52. The first-order valence-electron chi connectivity index (χ1n) is 24.1. The largest absolute Gasteiger partial charge is 0.310 e. The summed E-state index contributed by atoms with van der Waals surface area (Å²) in [4.78, 5) is 2.50. The van der Waals surface area contributed by atoms with Crippen molar-refractivity contribution >= 4 is 17.1 Å². The second kappa shape index (κ2) is 15.4. The van der Waals surface area contributed by atoms with Crippen LogP contribution in [0.4, 0.5) is 17.1 Å². The Labute approximate surface area is 403 Å². The first-order chi connectivity index (χ1) is 34.2. The molecule has 0 fully saturated rings. The third-order valence-corrected chi connectivity index (χ3v) is 15.4. The molecule has 11 aromatic rings. The summed E-state index contributed by atoms with van der Waals surface area (Å²) in [6.07, 6.45) is 0. The van der Waals surface area contributed by atoms with E-state index in [0.717, 1.165) is 17.1 Å². The highest BCUT2D eigenvalue weighted by atomic mass is 15.1. The minimum absolute atomic E-state index is 0.468. The Kier molecular flexibility index (Phi) is 8.78. The molecule has 11 aromatic carbocycles. The van der Waals surface area contributed by atoms with E-state index in [9.17, 15) is 0 Å². The molecule has 322 valence electrons. The van der Waals surface area contributed by atoms with E-state index in [4.69, 9.17) is 0 Å². The Balaban J connectivity index is 1.01. The van der Waals surface area contributed by atoms with Crippen molar-refractivity contribution in [1.82, 2.24) is 0 Å². The molecule has 0 aromatic heterocycles.